The summed E-state index contributed by atoms with van der Waals surface area (Å²) in [6, 6.07) is 15.6. The molecule has 2 aromatic carbocycles. The second kappa shape index (κ2) is 8.11. The maximum Gasteiger partial charge on any atom is 0.256 e. The Labute approximate surface area is 154 Å². The lowest BCUT2D eigenvalue weighted by molar-refractivity contribution is -0.165. The van der Waals surface area contributed by atoms with Crippen molar-refractivity contribution in [2.75, 3.05) is 19.9 Å². The van der Waals surface area contributed by atoms with E-state index in [2.05, 4.69) is 10.2 Å². The second-order valence-corrected chi connectivity index (χ2v) is 6.29. The first-order chi connectivity index (χ1) is 12.6. The van der Waals surface area contributed by atoms with E-state index in [0.717, 1.165) is 16.3 Å². The van der Waals surface area contributed by atoms with Crippen molar-refractivity contribution in [2.45, 2.75) is 5.16 Å². The Morgan fingerprint density at radius 3 is 2.50 bits per heavy atom. The van der Waals surface area contributed by atoms with Crippen LogP contribution in [-0.2, 0) is 9.63 Å². The zero-order valence-corrected chi connectivity index (χ0v) is 15.1. The van der Waals surface area contributed by atoms with Gasteiger partial charge in [0.2, 0.25) is 0 Å². The number of aromatic nitrogens is 3. The number of nitrogens with zero attached hydrogens (tertiary/aromatic N) is 4. The molecule has 0 fully saturated rings. The largest absolute Gasteiger partial charge is 0.275 e. The van der Waals surface area contributed by atoms with Gasteiger partial charge in [0.15, 0.2) is 11.0 Å². The lowest BCUT2D eigenvalue weighted by Gasteiger charge is -2.13. The van der Waals surface area contributed by atoms with Crippen LogP contribution in [0.4, 0.5) is 4.39 Å². The van der Waals surface area contributed by atoms with Crippen LogP contribution in [0.1, 0.15) is 0 Å². The van der Waals surface area contributed by atoms with E-state index >= 15 is 0 Å². The molecule has 1 heterocycles. The number of carbonyl (C=O) groups excluding carboxylic acids is 1. The Hall–Kier alpha value is -2.71. The molecule has 0 unspecified atom stereocenters. The Kier molecular flexibility index (Phi) is 5.65. The number of thioether (sulfide) groups is 1. The van der Waals surface area contributed by atoms with Crippen molar-refractivity contribution in [1.82, 2.24) is 19.8 Å². The van der Waals surface area contributed by atoms with Gasteiger partial charge in [0, 0.05) is 18.3 Å². The molecule has 8 heteroatoms. The molecule has 0 N–H and O–H groups in total. The molecule has 0 radical (unpaired) electrons. The molecule has 0 atom stereocenters. The average molecular weight is 372 g/mol. The van der Waals surface area contributed by atoms with Gasteiger partial charge in [-0.25, -0.2) is 9.45 Å². The summed E-state index contributed by atoms with van der Waals surface area (Å²) in [5, 5.41) is 10.2. The highest BCUT2D eigenvalue weighted by Crippen LogP contribution is 2.28. The van der Waals surface area contributed by atoms with E-state index in [1.165, 1.54) is 31.0 Å². The fourth-order valence-corrected chi connectivity index (χ4v) is 3.13. The normalized spacial score (nSPS) is 10.7. The second-order valence-electron chi connectivity index (χ2n) is 5.35. The third-order valence-electron chi connectivity index (χ3n) is 3.70. The minimum absolute atomic E-state index is 0.152. The third kappa shape index (κ3) is 3.92. The predicted molar refractivity (Wildman–Crippen MR) is 97.3 cm³/mol. The van der Waals surface area contributed by atoms with Crippen LogP contribution in [0.3, 0.4) is 0 Å². The Morgan fingerprint density at radius 1 is 1.15 bits per heavy atom. The summed E-state index contributed by atoms with van der Waals surface area (Å²) in [6.45, 7) is 0. The third-order valence-corrected chi connectivity index (χ3v) is 4.61. The Balaban J connectivity index is 1.97. The number of halogens is 1. The fourth-order valence-electron chi connectivity index (χ4n) is 2.28. The molecule has 0 spiro atoms. The fraction of sp³-hybridized carbons (Fsp3) is 0.167. The maximum atomic E-state index is 13.2. The molecule has 3 rings (SSSR count). The van der Waals surface area contributed by atoms with E-state index in [-0.39, 0.29) is 17.5 Å². The van der Waals surface area contributed by atoms with Gasteiger partial charge in [-0.2, -0.15) is 0 Å². The average Bonchev–Trinajstić information content (AvgIpc) is 3.10. The minimum atomic E-state index is -0.317. The van der Waals surface area contributed by atoms with Crippen LogP contribution in [0.15, 0.2) is 59.8 Å². The number of benzene rings is 2. The van der Waals surface area contributed by atoms with Gasteiger partial charge in [-0.3, -0.25) is 14.2 Å². The number of carbonyl (C=O) groups is 1. The van der Waals surface area contributed by atoms with Crippen molar-refractivity contribution < 1.29 is 14.0 Å². The van der Waals surface area contributed by atoms with E-state index in [1.54, 1.807) is 19.2 Å². The standard InChI is InChI=1S/C18H17FN4O2S/c1-22(25-2)16(24)12-26-18-21-20-17(13-8-10-14(19)11-9-13)23(18)15-6-4-3-5-7-15/h3-11H,12H2,1-2H3. The number of rotatable bonds is 6. The summed E-state index contributed by atoms with van der Waals surface area (Å²) < 4.78 is 15.1. The topological polar surface area (TPSA) is 60.2 Å². The smallest absolute Gasteiger partial charge is 0.256 e. The number of hydroxylamine groups is 2. The molecule has 0 aliphatic rings. The number of amides is 1. The maximum absolute atomic E-state index is 13.2. The molecule has 0 aliphatic heterocycles. The summed E-state index contributed by atoms with van der Waals surface area (Å²) in [4.78, 5) is 16.9. The van der Waals surface area contributed by atoms with Crippen LogP contribution in [0.2, 0.25) is 0 Å². The highest BCUT2D eigenvalue weighted by molar-refractivity contribution is 7.99. The van der Waals surface area contributed by atoms with Gasteiger partial charge >= 0.3 is 0 Å². The van der Waals surface area contributed by atoms with Crippen molar-refractivity contribution in [3.05, 3.63) is 60.4 Å². The van der Waals surface area contributed by atoms with Crippen LogP contribution < -0.4 is 0 Å². The zero-order valence-electron chi connectivity index (χ0n) is 14.3. The highest BCUT2D eigenvalue weighted by atomic mass is 32.2. The summed E-state index contributed by atoms with van der Waals surface area (Å²) in [5.74, 6) is 0.218. The van der Waals surface area contributed by atoms with E-state index in [1.807, 2.05) is 34.9 Å². The van der Waals surface area contributed by atoms with Crippen LogP contribution in [0.25, 0.3) is 17.1 Å². The molecule has 1 aromatic heterocycles. The molecule has 0 saturated carbocycles. The van der Waals surface area contributed by atoms with E-state index in [9.17, 15) is 9.18 Å². The van der Waals surface area contributed by atoms with Gasteiger partial charge in [-0.05, 0) is 36.4 Å². The van der Waals surface area contributed by atoms with Gasteiger partial charge in [0.05, 0.1) is 12.9 Å². The van der Waals surface area contributed by atoms with Crippen molar-refractivity contribution in [3.63, 3.8) is 0 Å². The van der Waals surface area contributed by atoms with Crippen molar-refractivity contribution in [3.8, 4) is 17.1 Å². The van der Waals surface area contributed by atoms with E-state index in [4.69, 9.17) is 4.84 Å². The van der Waals surface area contributed by atoms with Gasteiger partial charge in [-0.1, -0.05) is 30.0 Å². The van der Waals surface area contributed by atoms with Crippen LogP contribution in [0.5, 0.6) is 0 Å². The number of para-hydroxylation sites is 1. The van der Waals surface area contributed by atoms with E-state index in [0.29, 0.717) is 11.0 Å². The van der Waals surface area contributed by atoms with Gasteiger partial charge in [0.25, 0.3) is 5.91 Å². The van der Waals surface area contributed by atoms with Crippen LogP contribution in [-0.4, -0.2) is 45.6 Å². The van der Waals surface area contributed by atoms with Crippen molar-refractivity contribution >= 4 is 17.7 Å². The first-order valence-electron chi connectivity index (χ1n) is 7.80. The molecule has 26 heavy (non-hydrogen) atoms. The summed E-state index contributed by atoms with van der Waals surface area (Å²) in [7, 11) is 2.98. The first kappa shape index (κ1) is 18.1. The molecule has 134 valence electrons. The SMILES string of the molecule is CON(C)C(=O)CSc1nnc(-c2ccc(F)cc2)n1-c1ccccc1. The highest BCUT2D eigenvalue weighted by Gasteiger charge is 2.18. The quantitative estimate of drug-likeness (QED) is 0.491. The molecule has 0 saturated heterocycles. The molecule has 0 bridgehead atoms. The first-order valence-corrected chi connectivity index (χ1v) is 8.79. The minimum Gasteiger partial charge on any atom is -0.275 e. The number of hydrogen-bond donors (Lipinski definition) is 0. The van der Waals surface area contributed by atoms with Gasteiger partial charge in [0.1, 0.15) is 5.82 Å². The van der Waals surface area contributed by atoms with Crippen LogP contribution in [0, 0.1) is 5.82 Å². The zero-order chi connectivity index (χ0) is 18.5. The summed E-state index contributed by atoms with van der Waals surface area (Å²) in [5.41, 5.74) is 1.59. The van der Waals surface area contributed by atoms with Gasteiger partial charge < -0.3 is 0 Å². The van der Waals surface area contributed by atoms with Crippen molar-refractivity contribution in [2.24, 2.45) is 0 Å². The monoisotopic (exact) mass is 372 g/mol. The molecular weight excluding hydrogens is 355 g/mol. The van der Waals surface area contributed by atoms with Crippen molar-refractivity contribution in [1.29, 1.82) is 0 Å². The lowest BCUT2D eigenvalue weighted by Crippen LogP contribution is -2.27. The molecule has 0 aliphatic carbocycles. The molecule has 6 nitrogen and oxygen atoms in total. The number of hydrogen-bond acceptors (Lipinski definition) is 5. The lowest BCUT2D eigenvalue weighted by atomic mass is 10.2. The van der Waals surface area contributed by atoms with Gasteiger partial charge in [-0.15, -0.1) is 10.2 Å². The predicted octanol–water partition coefficient (Wildman–Crippen LogP) is 3.19. The summed E-state index contributed by atoms with van der Waals surface area (Å²) >= 11 is 1.26. The molecular formula is C18H17FN4O2S. The van der Waals surface area contributed by atoms with E-state index < -0.39 is 0 Å². The summed E-state index contributed by atoms with van der Waals surface area (Å²) in [6.07, 6.45) is 0. The molecule has 3 aromatic rings. The molecule has 1 amide bonds. The Morgan fingerprint density at radius 2 is 1.85 bits per heavy atom. The van der Waals surface area contributed by atoms with Crippen LogP contribution >= 0.6 is 11.8 Å². The Bertz CT molecular complexity index is 884.